The summed E-state index contributed by atoms with van der Waals surface area (Å²) >= 11 is 0. The topological polar surface area (TPSA) is 80.9 Å². The minimum absolute atomic E-state index is 0.322. The van der Waals surface area contributed by atoms with E-state index < -0.39 is 5.69 Å². The van der Waals surface area contributed by atoms with Gasteiger partial charge in [-0.05, 0) is 20.3 Å². The van der Waals surface area contributed by atoms with E-state index in [1.54, 1.807) is 13.1 Å². The number of nitrogens with zero attached hydrogens (tertiary/aromatic N) is 2. The summed E-state index contributed by atoms with van der Waals surface area (Å²) in [6.45, 7) is 5.84. The summed E-state index contributed by atoms with van der Waals surface area (Å²) in [5.74, 6) is 0.684. The summed E-state index contributed by atoms with van der Waals surface area (Å²) in [4.78, 5) is 25.5. The van der Waals surface area contributed by atoms with Gasteiger partial charge in [0.25, 0.3) is 5.56 Å². The maximum Gasteiger partial charge on any atom is 0.328 e. The normalized spacial score (nSPS) is 10.8. The largest absolute Gasteiger partial charge is 0.361 e. The molecule has 0 bridgehead atoms. The van der Waals surface area contributed by atoms with Crippen molar-refractivity contribution in [3.05, 3.63) is 49.6 Å². The predicted octanol–water partition coefficient (Wildman–Crippen LogP) is 0.752. The van der Waals surface area contributed by atoms with E-state index >= 15 is 0 Å². The van der Waals surface area contributed by atoms with Gasteiger partial charge in [0.05, 0.1) is 12.2 Å². The van der Waals surface area contributed by atoms with Crippen LogP contribution in [0, 0.1) is 13.8 Å². The highest BCUT2D eigenvalue weighted by atomic mass is 16.5. The van der Waals surface area contributed by atoms with E-state index in [1.807, 2.05) is 13.8 Å². The highest BCUT2D eigenvalue weighted by molar-refractivity contribution is 5.21. The monoisotopic (exact) mass is 249 g/mol. The predicted molar refractivity (Wildman–Crippen MR) is 65.8 cm³/mol. The molecule has 6 nitrogen and oxygen atoms in total. The lowest BCUT2D eigenvalue weighted by atomic mass is 10.2. The Bertz CT molecular complexity index is 659. The smallest absolute Gasteiger partial charge is 0.328 e. The third-order valence-corrected chi connectivity index (χ3v) is 2.98. The number of aromatic amines is 1. The Morgan fingerprint density at radius 2 is 2.11 bits per heavy atom. The van der Waals surface area contributed by atoms with E-state index in [0.29, 0.717) is 24.3 Å². The number of aryl methyl sites for hydroxylation is 3. The zero-order chi connectivity index (χ0) is 13.3. The molecule has 0 aliphatic heterocycles. The molecule has 0 fully saturated rings. The summed E-state index contributed by atoms with van der Waals surface area (Å²) in [6.07, 6.45) is 2.17. The van der Waals surface area contributed by atoms with E-state index in [9.17, 15) is 9.59 Å². The van der Waals surface area contributed by atoms with Crippen molar-refractivity contribution in [2.24, 2.45) is 0 Å². The fourth-order valence-electron chi connectivity index (χ4n) is 1.82. The van der Waals surface area contributed by atoms with Gasteiger partial charge in [-0.3, -0.25) is 14.3 Å². The van der Waals surface area contributed by atoms with Crippen molar-refractivity contribution in [3.8, 4) is 0 Å². The number of hydrogen-bond donors (Lipinski definition) is 1. The molecule has 96 valence electrons. The van der Waals surface area contributed by atoms with Crippen molar-refractivity contribution >= 4 is 0 Å². The van der Waals surface area contributed by atoms with Crippen molar-refractivity contribution < 1.29 is 4.52 Å². The van der Waals surface area contributed by atoms with Gasteiger partial charge in [0.15, 0.2) is 0 Å². The summed E-state index contributed by atoms with van der Waals surface area (Å²) in [5.41, 5.74) is 1.46. The third kappa shape index (κ3) is 2.13. The SMILES string of the molecule is CCc1cn(Cc2c(C)noc2C)c(=O)[nH]c1=O. The van der Waals surface area contributed by atoms with Gasteiger partial charge in [-0.1, -0.05) is 12.1 Å². The van der Waals surface area contributed by atoms with Crippen molar-refractivity contribution in [3.63, 3.8) is 0 Å². The van der Waals surface area contributed by atoms with Gasteiger partial charge < -0.3 is 4.52 Å². The van der Waals surface area contributed by atoms with Crippen LogP contribution in [0.1, 0.15) is 29.5 Å². The minimum atomic E-state index is -0.419. The molecule has 1 N–H and O–H groups in total. The quantitative estimate of drug-likeness (QED) is 0.870. The van der Waals surface area contributed by atoms with Crippen LogP contribution in [0.25, 0.3) is 0 Å². The van der Waals surface area contributed by atoms with Crippen molar-refractivity contribution in [2.45, 2.75) is 33.7 Å². The summed E-state index contributed by atoms with van der Waals surface area (Å²) in [7, 11) is 0. The van der Waals surface area contributed by atoms with E-state index in [2.05, 4.69) is 10.1 Å². The van der Waals surface area contributed by atoms with E-state index in [-0.39, 0.29) is 5.56 Å². The van der Waals surface area contributed by atoms with Crippen LogP contribution in [0.15, 0.2) is 20.3 Å². The molecule has 0 unspecified atom stereocenters. The minimum Gasteiger partial charge on any atom is -0.361 e. The zero-order valence-electron chi connectivity index (χ0n) is 10.6. The third-order valence-electron chi connectivity index (χ3n) is 2.98. The fraction of sp³-hybridized carbons (Fsp3) is 0.417. The fourth-order valence-corrected chi connectivity index (χ4v) is 1.82. The maximum atomic E-state index is 11.7. The van der Waals surface area contributed by atoms with Crippen LogP contribution in [-0.4, -0.2) is 14.7 Å². The van der Waals surface area contributed by atoms with Gasteiger partial charge in [0, 0.05) is 17.3 Å². The molecule has 0 aromatic carbocycles. The molecule has 6 heteroatoms. The first-order valence-electron chi connectivity index (χ1n) is 5.77. The first-order chi connectivity index (χ1) is 8.52. The van der Waals surface area contributed by atoms with Crippen LogP contribution in [0.5, 0.6) is 0 Å². The Morgan fingerprint density at radius 1 is 1.39 bits per heavy atom. The summed E-state index contributed by atoms with van der Waals surface area (Å²) in [6, 6.07) is 0. The molecule has 0 aliphatic rings. The summed E-state index contributed by atoms with van der Waals surface area (Å²) < 4.78 is 6.52. The van der Waals surface area contributed by atoms with E-state index in [0.717, 1.165) is 11.3 Å². The van der Waals surface area contributed by atoms with Crippen LogP contribution >= 0.6 is 0 Å². The molecule has 0 spiro atoms. The van der Waals surface area contributed by atoms with Crippen LogP contribution in [0.2, 0.25) is 0 Å². The lowest BCUT2D eigenvalue weighted by Crippen LogP contribution is -2.32. The first-order valence-corrected chi connectivity index (χ1v) is 5.77. The maximum absolute atomic E-state index is 11.7. The second-order valence-electron chi connectivity index (χ2n) is 4.20. The molecule has 2 aromatic rings. The molecule has 0 atom stereocenters. The molecule has 0 aliphatic carbocycles. The van der Waals surface area contributed by atoms with Crippen LogP contribution in [0.3, 0.4) is 0 Å². The molecule has 0 amide bonds. The van der Waals surface area contributed by atoms with Gasteiger partial charge in [-0.25, -0.2) is 4.79 Å². The standard InChI is InChI=1S/C12H15N3O3/c1-4-9-5-15(12(17)13-11(9)16)6-10-7(2)14-18-8(10)3/h5H,4,6H2,1-3H3,(H,13,16,17). The van der Waals surface area contributed by atoms with Gasteiger partial charge in [0.2, 0.25) is 0 Å². The number of H-pyrrole nitrogens is 1. The average Bonchev–Trinajstić information content (AvgIpc) is 2.64. The molecule has 0 radical (unpaired) electrons. The van der Waals surface area contributed by atoms with Crippen LogP contribution in [0.4, 0.5) is 0 Å². The Morgan fingerprint density at radius 3 is 2.67 bits per heavy atom. The highest BCUT2D eigenvalue weighted by Gasteiger charge is 2.11. The number of hydrogen-bond acceptors (Lipinski definition) is 4. The molecule has 0 saturated heterocycles. The molecule has 2 aromatic heterocycles. The Hall–Kier alpha value is -2.11. The molecule has 0 saturated carbocycles. The van der Waals surface area contributed by atoms with E-state index in [4.69, 9.17) is 4.52 Å². The second-order valence-corrected chi connectivity index (χ2v) is 4.20. The second kappa shape index (κ2) is 4.64. The zero-order valence-corrected chi connectivity index (χ0v) is 10.6. The van der Waals surface area contributed by atoms with Gasteiger partial charge in [-0.2, -0.15) is 0 Å². The molecule has 18 heavy (non-hydrogen) atoms. The lowest BCUT2D eigenvalue weighted by Gasteiger charge is -2.06. The van der Waals surface area contributed by atoms with Gasteiger partial charge >= 0.3 is 5.69 Å². The van der Waals surface area contributed by atoms with Gasteiger partial charge in [-0.15, -0.1) is 0 Å². The van der Waals surface area contributed by atoms with Crippen molar-refractivity contribution in [1.29, 1.82) is 0 Å². The van der Waals surface area contributed by atoms with Crippen molar-refractivity contribution in [2.75, 3.05) is 0 Å². The first kappa shape index (κ1) is 12.3. The Balaban J connectivity index is 2.47. The molecule has 2 rings (SSSR count). The number of aromatic nitrogens is 3. The molecule has 2 heterocycles. The Labute approximate surface area is 103 Å². The number of rotatable bonds is 3. The van der Waals surface area contributed by atoms with Gasteiger partial charge in [0.1, 0.15) is 5.76 Å². The van der Waals surface area contributed by atoms with E-state index in [1.165, 1.54) is 4.57 Å². The Kier molecular flexibility index (Phi) is 3.18. The van der Waals surface area contributed by atoms with Crippen LogP contribution < -0.4 is 11.2 Å². The van der Waals surface area contributed by atoms with Crippen molar-refractivity contribution in [1.82, 2.24) is 14.7 Å². The molecular formula is C12H15N3O3. The summed E-state index contributed by atoms with van der Waals surface area (Å²) in [5, 5.41) is 3.84. The highest BCUT2D eigenvalue weighted by Crippen LogP contribution is 2.12. The average molecular weight is 249 g/mol. The number of nitrogens with one attached hydrogen (secondary N) is 1. The van der Waals surface area contributed by atoms with Crippen LogP contribution in [-0.2, 0) is 13.0 Å². The molecular weight excluding hydrogens is 234 g/mol. The lowest BCUT2D eigenvalue weighted by molar-refractivity contribution is 0.392.